The van der Waals surface area contributed by atoms with Crippen molar-refractivity contribution in [1.29, 1.82) is 0 Å². The van der Waals surface area contributed by atoms with E-state index in [4.69, 9.17) is 4.52 Å². The maximum atomic E-state index is 11.9. The number of carbonyl (C=O) groups excluding carboxylic acids is 1. The van der Waals surface area contributed by atoms with E-state index in [9.17, 15) is 4.79 Å². The Morgan fingerprint density at radius 3 is 2.95 bits per heavy atom. The summed E-state index contributed by atoms with van der Waals surface area (Å²) in [6, 6.07) is 0.231. The molecule has 0 unspecified atom stereocenters. The van der Waals surface area contributed by atoms with Gasteiger partial charge in [0.2, 0.25) is 5.89 Å². The highest BCUT2D eigenvalue weighted by molar-refractivity contribution is 7.99. The second-order valence-electron chi connectivity index (χ2n) is 5.40. The first-order chi connectivity index (χ1) is 10.2. The lowest BCUT2D eigenvalue weighted by atomic mass is 9.95. The van der Waals surface area contributed by atoms with Crippen LogP contribution in [0.25, 0.3) is 0 Å². The third-order valence-electron chi connectivity index (χ3n) is 3.74. The second kappa shape index (κ2) is 8.26. The van der Waals surface area contributed by atoms with E-state index in [-0.39, 0.29) is 6.03 Å². The van der Waals surface area contributed by atoms with Crippen molar-refractivity contribution < 1.29 is 9.32 Å². The van der Waals surface area contributed by atoms with Gasteiger partial charge in [0.05, 0.1) is 0 Å². The standard InChI is InChI=1S/C14H24N4O2S/c1-10-16-13(20-18-10)8-5-9-15-14(19)17-11-6-3-4-7-12(11)21-2/h11-12H,3-9H2,1-2H3,(H2,15,17,19)/t11-,12+/m1/s1. The van der Waals surface area contributed by atoms with Crippen molar-refractivity contribution in [3.63, 3.8) is 0 Å². The minimum atomic E-state index is -0.0670. The summed E-state index contributed by atoms with van der Waals surface area (Å²) < 4.78 is 5.03. The molecule has 6 nitrogen and oxygen atoms in total. The molecule has 1 fully saturated rings. The molecular formula is C14H24N4O2S. The Labute approximate surface area is 129 Å². The number of carbonyl (C=O) groups is 1. The Morgan fingerprint density at radius 1 is 1.43 bits per heavy atom. The van der Waals surface area contributed by atoms with Crippen molar-refractivity contribution in [2.24, 2.45) is 0 Å². The lowest BCUT2D eigenvalue weighted by Gasteiger charge is -2.30. The fourth-order valence-electron chi connectivity index (χ4n) is 2.65. The number of hydrogen-bond acceptors (Lipinski definition) is 5. The van der Waals surface area contributed by atoms with Crippen LogP contribution in [-0.2, 0) is 6.42 Å². The zero-order valence-corrected chi connectivity index (χ0v) is 13.5. The molecule has 1 aliphatic rings. The van der Waals surface area contributed by atoms with Crippen molar-refractivity contribution in [2.45, 2.75) is 56.7 Å². The number of thioether (sulfide) groups is 1. The fraction of sp³-hybridized carbons (Fsp3) is 0.786. The van der Waals surface area contributed by atoms with Gasteiger partial charge in [0.15, 0.2) is 5.82 Å². The minimum Gasteiger partial charge on any atom is -0.339 e. The number of aryl methyl sites for hydroxylation is 2. The number of nitrogens with one attached hydrogen (secondary N) is 2. The molecular weight excluding hydrogens is 288 g/mol. The van der Waals surface area contributed by atoms with E-state index in [0.717, 1.165) is 12.8 Å². The lowest BCUT2D eigenvalue weighted by Crippen LogP contribution is -2.48. The van der Waals surface area contributed by atoms with Crippen molar-refractivity contribution in [1.82, 2.24) is 20.8 Å². The number of hydrogen-bond donors (Lipinski definition) is 2. The lowest BCUT2D eigenvalue weighted by molar-refractivity contribution is 0.233. The van der Waals surface area contributed by atoms with E-state index in [1.54, 1.807) is 6.92 Å². The molecule has 1 aromatic heterocycles. The summed E-state index contributed by atoms with van der Waals surface area (Å²) in [5, 5.41) is 10.3. The van der Waals surface area contributed by atoms with E-state index in [1.165, 1.54) is 19.3 Å². The number of amides is 2. The van der Waals surface area contributed by atoms with Gasteiger partial charge < -0.3 is 15.2 Å². The Bertz CT molecular complexity index is 452. The SMILES string of the molecule is CS[C@H]1CCCC[C@H]1NC(=O)NCCCc1nc(C)no1. The van der Waals surface area contributed by atoms with Crippen LogP contribution in [-0.4, -0.2) is 40.3 Å². The highest BCUT2D eigenvalue weighted by atomic mass is 32.2. The van der Waals surface area contributed by atoms with Crippen LogP contribution in [0.5, 0.6) is 0 Å². The summed E-state index contributed by atoms with van der Waals surface area (Å²) in [6.07, 6.45) is 8.37. The summed E-state index contributed by atoms with van der Waals surface area (Å²) in [6.45, 7) is 2.41. The third kappa shape index (κ3) is 5.22. The fourth-order valence-corrected chi connectivity index (χ4v) is 3.58. The van der Waals surface area contributed by atoms with Crippen molar-refractivity contribution in [2.75, 3.05) is 12.8 Å². The first-order valence-corrected chi connectivity index (χ1v) is 8.84. The molecule has 0 bridgehead atoms. The maximum absolute atomic E-state index is 11.9. The first kappa shape index (κ1) is 16.1. The smallest absolute Gasteiger partial charge is 0.315 e. The maximum Gasteiger partial charge on any atom is 0.315 e. The van der Waals surface area contributed by atoms with Crippen LogP contribution in [0.2, 0.25) is 0 Å². The predicted octanol–water partition coefficient (Wildman–Crippen LogP) is 2.28. The highest BCUT2D eigenvalue weighted by Gasteiger charge is 2.25. The van der Waals surface area contributed by atoms with E-state index < -0.39 is 0 Å². The van der Waals surface area contributed by atoms with E-state index in [1.807, 2.05) is 11.8 Å². The molecule has 2 rings (SSSR count). The van der Waals surface area contributed by atoms with Crippen LogP contribution in [0.15, 0.2) is 4.52 Å². The molecule has 1 aromatic rings. The van der Waals surface area contributed by atoms with Crippen LogP contribution >= 0.6 is 11.8 Å². The molecule has 0 aliphatic heterocycles. The average Bonchev–Trinajstić information content (AvgIpc) is 2.90. The molecule has 0 aromatic carbocycles. The molecule has 7 heteroatoms. The van der Waals surface area contributed by atoms with Gasteiger partial charge >= 0.3 is 6.03 Å². The molecule has 2 N–H and O–H groups in total. The van der Waals surface area contributed by atoms with Crippen LogP contribution < -0.4 is 10.6 Å². The van der Waals surface area contributed by atoms with Crippen molar-refractivity contribution in [3.05, 3.63) is 11.7 Å². The molecule has 0 radical (unpaired) electrons. The molecule has 2 atom stereocenters. The molecule has 118 valence electrons. The first-order valence-electron chi connectivity index (χ1n) is 7.55. The number of nitrogens with zero attached hydrogens (tertiary/aromatic N) is 2. The summed E-state index contributed by atoms with van der Waals surface area (Å²) in [5.41, 5.74) is 0. The van der Waals surface area contributed by atoms with Gasteiger partial charge in [-0.3, -0.25) is 0 Å². The van der Waals surface area contributed by atoms with Gasteiger partial charge in [-0.05, 0) is 32.4 Å². The molecule has 0 saturated heterocycles. The average molecular weight is 312 g/mol. The second-order valence-corrected chi connectivity index (χ2v) is 6.48. The van der Waals surface area contributed by atoms with Gasteiger partial charge in [-0.15, -0.1) is 0 Å². The molecule has 1 saturated carbocycles. The van der Waals surface area contributed by atoms with E-state index in [0.29, 0.717) is 36.0 Å². The predicted molar refractivity (Wildman–Crippen MR) is 83.4 cm³/mol. The van der Waals surface area contributed by atoms with Gasteiger partial charge in [0.25, 0.3) is 0 Å². The molecule has 21 heavy (non-hydrogen) atoms. The Balaban J connectivity index is 1.62. The monoisotopic (exact) mass is 312 g/mol. The summed E-state index contributed by atoms with van der Waals surface area (Å²) >= 11 is 1.85. The van der Waals surface area contributed by atoms with Crippen LogP contribution in [0.1, 0.15) is 43.8 Å². The summed E-state index contributed by atoms with van der Waals surface area (Å²) in [5.74, 6) is 1.28. The van der Waals surface area contributed by atoms with Crippen LogP contribution in [0.4, 0.5) is 4.79 Å². The number of rotatable bonds is 6. The van der Waals surface area contributed by atoms with Crippen molar-refractivity contribution >= 4 is 17.8 Å². The van der Waals surface area contributed by atoms with Gasteiger partial charge in [-0.2, -0.15) is 16.7 Å². The third-order valence-corrected chi connectivity index (χ3v) is 4.91. The topological polar surface area (TPSA) is 80.0 Å². The quantitative estimate of drug-likeness (QED) is 0.788. The molecule has 1 heterocycles. The van der Waals surface area contributed by atoms with E-state index >= 15 is 0 Å². The largest absolute Gasteiger partial charge is 0.339 e. The number of aromatic nitrogens is 2. The van der Waals surface area contributed by atoms with Gasteiger partial charge in [-0.25, -0.2) is 4.79 Å². The Hall–Kier alpha value is -1.24. The molecule has 0 spiro atoms. The van der Waals surface area contributed by atoms with Gasteiger partial charge in [-0.1, -0.05) is 18.0 Å². The minimum absolute atomic E-state index is 0.0670. The summed E-state index contributed by atoms with van der Waals surface area (Å²) in [4.78, 5) is 16.0. The zero-order valence-electron chi connectivity index (χ0n) is 12.7. The molecule has 2 amide bonds. The zero-order chi connectivity index (χ0) is 15.1. The Kier molecular flexibility index (Phi) is 6.35. The summed E-state index contributed by atoms with van der Waals surface area (Å²) in [7, 11) is 0. The van der Waals surface area contributed by atoms with Crippen molar-refractivity contribution in [3.8, 4) is 0 Å². The Morgan fingerprint density at radius 2 is 2.24 bits per heavy atom. The van der Waals surface area contributed by atoms with Crippen LogP contribution in [0.3, 0.4) is 0 Å². The normalized spacial score (nSPS) is 22.0. The molecule has 1 aliphatic carbocycles. The van der Waals surface area contributed by atoms with Gasteiger partial charge in [0.1, 0.15) is 0 Å². The highest BCUT2D eigenvalue weighted by Crippen LogP contribution is 2.26. The number of urea groups is 1. The van der Waals surface area contributed by atoms with Gasteiger partial charge in [0, 0.05) is 24.3 Å². The van der Waals surface area contributed by atoms with Crippen LogP contribution in [0, 0.1) is 6.92 Å². The van der Waals surface area contributed by atoms with E-state index in [2.05, 4.69) is 27.0 Å².